The van der Waals surface area contributed by atoms with Crippen molar-refractivity contribution in [1.82, 2.24) is 5.32 Å². The normalized spacial score (nSPS) is 14.0. The molecule has 0 fully saturated rings. The van der Waals surface area contributed by atoms with E-state index in [1.165, 1.54) is 122 Å². The minimum Gasteiger partial charge on any atom is -0.461 e. The molecule has 0 aliphatic rings. The van der Waals surface area contributed by atoms with Crippen LogP contribution in [0.2, 0.25) is 0 Å². The number of ether oxygens (including phenoxy) is 1. The molecule has 3 N–H and O–H groups in total. The maximum atomic E-state index is 13.1. The molecule has 0 radical (unpaired) electrons. The third kappa shape index (κ3) is 39.9. The number of allylic oxidation sites excluding steroid dienone is 11. The summed E-state index contributed by atoms with van der Waals surface area (Å²) in [6.45, 7) is 6.27. The Bertz CT molecular complexity index is 1070. The van der Waals surface area contributed by atoms with E-state index in [9.17, 15) is 19.8 Å². The fourth-order valence-corrected chi connectivity index (χ4v) is 6.80. The number of hydrogen-bond donors (Lipinski definition) is 3. The summed E-state index contributed by atoms with van der Waals surface area (Å²) < 4.78 is 5.82. The van der Waals surface area contributed by atoms with E-state index in [0.29, 0.717) is 19.3 Å². The third-order valence-corrected chi connectivity index (χ3v) is 10.4. The van der Waals surface area contributed by atoms with E-state index < -0.39 is 18.2 Å². The second-order valence-corrected chi connectivity index (χ2v) is 15.9. The van der Waals surface area contributed by atoms with Crippen molar-refractivity contribution in [2.45, 2.75) is 232 Å². The van der Waals surface area contributed by atoms with Crippen LogP contribution in [0.4, 0.5) is 0 Å². The van der Waals surface area contributed by atoms with E-state index in [0.717, 1.165) is 44.9 Å². The molecule has 57 heavy (non-hydrogen) atoms. The molecule has 0 bridgehead atoms. The lowest BCUT2D eigenvalue weighted by molar-refractivity contribution is -0.150. The van der Waals surface area contributed by atoms with Gasteiger partial charge in [-0.1, -0.05) is 222 Å². The van der Waals surface area contributed by atoms with E-state index >= 15 is 0 Å². The molecular weight excluding hydrogens is 707 g/mol. The molecule has 0 aromatic rings. The lowest BCUT2D eigenvalue weighted by Gasteiger charge is -2.24. The van der Waals surface area contributed by atoms with Crippen molar-refractivity contribution in [3.8, 4) is 0 Å². The topological polar surface area (TPSA) is 95.9 Å². The molecule has 0 aliphatic heterocycles. The van der Waals surface area contributed by atoms with Crippen molar-refractivity contribution in [2.24, 2.45) is 0 Å². The predicted molar refractivity (Wildman–Crippen MR) is 245 cm³/mol. The molecule has 0 aromatic carbocycles. The number of nitrogens with one attached hydrogen (secondary N) is 1. The van der Waals surface area contributed by atoms with Gasteiger partial charge < -0.3 is 20.3 Å². The van der Waals surface area contributed by atoms with Gasteiger partial charge in [-0.05, 0) is 44.9 Å². The van der Waals surface area contributed by atoms with Gasteiger partial charge in [-0.3, -0.25) is 9.59 Å². The highest BCUT2D eigenvalue weighted by atomic mass is 16.5. The van der Waals surface area contributed by atoms with Crippen LogP contribution in [-0.4, -0.2) is 46.9 Å². The molecule has 3 atom stereocenters. The summed E-state index contributed by atoms with van der Waals surface area (Å²) in [5, 5.41) is 23.6. The molecule has 328 valence electrons. The van der Waals surface area contributed by atoms with Crippen molar-refractivity contribution in [1.29, 1.82) is 0 Å². The number of hydrogen-bond acceptors (Lipinski definition) is 5. The summed E-state index contributed by atoms with van der Waals surface area (Å²) in [5.41, 5.74) is 0. The quantitative estimate of drug-likeness (QED) is 0.0248. The fourth-order valence-electron chi connectivity index (χ4n) is 6.80. The SMILES string of the molecule is CC/C=C/C=C/C=C\C=C/C=C/CC(CC(=O)NC(CO)C(O)CCCCCCCCCCCCCC)OC(=O)CCCCCCCCC/C=C\CCCCCC. The average molecular weight is 796 g/mol. The lowest BCUT2D eigenvalue weighted by Crippen LogP contribution is -2.46. The number of rotatable bonds is 41. The van der Waals surface area contributed by atoms with Crippen LogP contribution in [0.15, 0.2) is 72.9 Å². The van der Waals surface area contributed by atoms with Crippen LogP contribution in [-0.2, 0) is 14.3 Å². The molecule has 0 aromatic heterocycles. The molecule has 0 spiro atoms. The standard InChI is InChI=1S/C51H89NO5/c1-4-7-10-13-16-19-22-24-25-26-29-32-35-38-41-44-51(56)57-47(42-39-36-33-30-27-21-18-15-12-9-6-3)45-50(55)52-48(46-53)49(54)43-40-37-34-31-28-23-20-17-14-11-8-5-2/h9,12,15,18-19,21-22,27,30,33,36,39,47-49,53-54H,4-8,10-11,13-14,16-17,20,23-26,28-29,31-32,34-35,37-38,40-46H2,1-3H3,(H,52,55)/b12-9+,18-15+,22-19-,27-21-,33-30-,39-36+. The second kappa shape index (κ2) is 44.4. The molecule has 0 saturated carbocycles. The number of carbonyl (C=O) groups excluding carboxylic acids is 2. The summed E-state index contributed by atoms with van der Waals surface area (Å²) in [4.78, 5) is 26.0. The number of carbonyl (C=O) groups is 2. The molecular formula is C51H89NO5. The van der Waals surface area contributed by atoms with Crippen LogP contribution in [0.25, 0.3) is 0 Å². The molecule has 0 heterocycles. The van der Waals surface area contributed by atoms with Gasteiger partial charge in [0.05, 0.1) is 25.2 Å². The van der Waals surface area contributed by atoms with Crippen molar-refractivity contribution < 1.29 is 24.5 Å². The van der Waals surface area contributed by atoms with Crippen molar-refractivity contribution in [2.75, 3.05) is 6.61 Å². The zero-order valence-electron chi connectivity index (χ0n) is 37.2. The minimum atomic E-state index is -0.819. The summed E-state index contributed by atoms with van der Waals surface area (Å²) in [5.74, 6) is -0.616. The largest absolute Gasteiger partial charge is 0.461 e. The number of esters is 1. The van der Waals surface area contributed by atoms with E-state index in [-0.39, 0.29) is 24.9 Å². The van der Waals surface area contributed by atoms with Gasteiger partial charge in [0, 0.05) is 12.8 Å². The first-order chi connectivity index (χ1) is 28.0. The maximum absolute atomic E-state index is 13.1. The molecule has 6 nitrogen and oxygen atoms in total. The van der Waals surface area contributed by atoms with Gasteiger partial charge in [0.1, 0.15) is 6.10 Å². The maximum Gasteiger partial charge on any atom is 0.306 e. The van der Waals surface area contributed by atoms with Gasteiger partial charge in [0.25, 0.3) is 0 Å². The number of aliphatic hydroxyl groups is 2. The Balaban J connectivity index is 4.69. The highest BCUT2D eigenvalue weighted by molar-refractivity contribution is 5.77. The first-order valence-electron chi connectivity index (χ1n) is 23.7. The smallest absolute Gasteiger partial charge is 0.306 e. The van der Waals surface area contributed by atoms with Gasteiger partial charge in [-0.2, -0.15) is 0 Å². The first-order valence-corrected chi connectivity index (χ1v) is 23.7. The van der Waals surface area contributed by atoms with Crippen LogP contribution < -0.4 is 5.32 Å². The lowest BCUT2D eigenvalue weighted by atomic mass is 10.0. The molecule has 0 rings (SSSR count). The minimum absolute atomic E-state index is 0.0222. The van der Waals surface area contributed by atoms with Gasteiger partial charge in [-0.15, -0.1) is 0 Å². The fraction of sp³-hybridized carbons (Fsp3) is 0.725. The summed E-state index contributed by atoms with van der Waals surface area (Å²) in [6, 6.07) is -0.741. The van der Waals surface area contributed by atoms with Gasteiger partial charge in [0.15, 0.2) is 0 Å². The van der Waals surface area contributed by atoms with Crippen LogP contribution in [0, 0.1) is 0 Å². The zero-order chi connectivity index (χ0) is 41.7. The van der Waals surface area contributed by atoms with Gasteiger partial charge in [-0.25, -0.2) is 0 Å². The Morgan fingerprint density at radius 1 is 0.544 bits per heavy atom. The highest BCUT2D eigenvalue weighted by Gasteiger charge is 2.23. The van der Waals surface area contributed by atoms with E-state index in [1.54, 1.807) is 0 Å². The Labute approximate surface area is 351 Å². The molecule has 1 amide bonds. The summed E-state index contributed by atoms with van der Waals surface area (Å²) in [7, 11) is 0. The third-order valence-electron chi connectivity index (χ3n) is 10.4. The van der Waals surface area contributed by atoms with Crippen LogP contribution in [0.1, 0.15) is 213 Å². The summed E-state index contributed by atoms with van der Waals surface area (Å²) in [6.07, 6.45) is 55.5. The van der Waals surface area contributed by atoms with Gasteiger partial charge in [0.2, 0.25) is 5.91 Å². The highest BCUT2D eigenvalue weighted by Crippen LogP contribution is 2.16. The molecule has 0 aliphatic carbocycles. The Kier molecular flexibility index (Phi) is 42.3. The Hall–Kier alpha value is -2.70. The van der Waals surface area contributed by atoms with E-state index in [1.807, 2.05) is 54.7 Å². The van der Waals surface area contributed by atoms with Crippen molar-refractivity contribution in [3.05, 3.63) is 72.9 Å². The van der Waals surface area contributed by atoms with Gasteiger partial charge >= 0.3 is 5.97 Å². The van der Waals surface area contributed by atoms with Crippen LogP contribution in [0.3, 0.4) is 0 Å². The molecule has 3 unspecified atom stereocenters. The monoisotopic (exact) mass is 796 g/mol. The Morgan fingerprint density at radius 3 is 1.49 bits per heavy atom. The first kappa shape index (κ1) is 54.3. The van der Waals surface area contributed by atoms with Crippen LogP contribution >= 0.6 is 0 Å². The average Bonchev–Trinajstić information content (AvgIpc) is 3.20. The second-order valence-electron chi connectivity index (χ2n) is 15.9. The molecule has 6 heteroatoms. The van der Waals surface area contributed by atoms with E-state index in [4.69, 9.17) is 4.74 Å². The number of unbranched alkanes of at least 4 members (excludes halogenated alkanes) is 22. The number of aliphatic hydroxyl groups excluding tert-OH is 2. The van der Waals surface area contributed by atoms with E-state index in [2.05, 4.69) is 44.3 Å². The Morgan fingerprint density at radius 2 is 0.982 bits per heavy atom. The van der Waals surface area contributed by atoms with Crippen molar-refractivity contribution in [3.63, 3.8) is 0 Å². The predicted octanol–water partition coefficient (Wildman–Crippen LogP) is 13.8. The van der Waals surface area contributed by atoms with Crippen molar-refractivity contribution >= 4 is 11.9 Å². The van der Waals surface area contributed by atoms with Crippen LogP contribution in [0.5, 0.6) is 0 Å². The number of amides is 1. The zero-order valence-corrected chi connectivity index (χ0v) is 37.2. The molecule has 0 saturated heterocycles. The summed E-state index contributed by atoms with van der Waals surface area (Å²) >= 11 is 0.